The van der Waals surface area contributed by atoms with Gasteiger partial charge in [-0.3, -0.25) is 9.69 Å². The Labute approximate surface area is 146 Å². The Morgan fingerprint density at radius 2 is 2.12 bits per heavy atom. The molecule has 0 aliphatic carbocycles. The van der Waals surface area contributed by atoms with Crippen LogP contribution in [0.25, 0.3) is 10.9 Å². The van der Waals surface area contributed by atoms with Crippen molar-refractivity contribution in [2.75, 3.05) is 19.7 Å². The van der Waals surface area contributed by atoms with E-state index in [4.69, 9.17) is 0 Å². The van der Waals surface area contributed by atoms with E-state index in [2.05, 4.69) is 11.8 Å². The molecule has 1 fully saturated rings. The van der Waals surface area contributed by atoms with Crippen LogP contribution >= 0.6 is 0 Å². The Morgan fingerprint density at radius 1 is 1.32 bits per heavy atom. The van der Waals surface area contributed by atoms with Crippen LogP contribution in [0, 0.1) is 5.41 Å². The lowest BCUT2D eigenvalue weighted by molar-refractivity contribution is -0.162. The summed E-state index contributed by atoms with van der Waals surface area (Å²) in [6, 6.07) is 7.94. The summed E-state index contributed by atoms with van der Waals surface area (Å²) in [6.07, 6.45) is 3.54. The zero-order chi connectivity index (χ0) is 17.4. The van der Waals surface area contributed by atoms with Crippen molar-refractivity contribution >= 4 is 16.7 Å². The molecule has 1 aromatic carbocycles. The number of hydrogen-bond acceptors (Lipinski definition) is 4. The molecule has 1 aromatic heterocycles. The first-order chi connectivity index (χ1) is 12.0. The van der Waals surface area contributed by atoms with Crippen LogP contribution in [0.4, 0.5) is 0 Å². The van der Waals surface area contributed by atoms with E-state index >= 15 is 0 Å². The van der Waals surface area contributed by atoms with Crippen molar-refractivity contribution in [3.63, 3.8) is 0 Å². The van der Waals surface area contributed by atoms with Crippen molar-refractivity contribution in [2.24, 2.45) is 5.41 Å². The summed E-state index contributed by atoms with van der Waals surface area (Å²) in [4.78, 5) is 15.3. The molecule has 5 nitrogen and oxygen atoms in total. The summed E-state index contributed by atoms with van der Waals surface area (Å²) in [7, 11) is 0. The van der Waals surface area contributed by atoms with Gasteiger partial charge in [0.1, 0.15) is 0 Å². The number of Topliss-reactive ketones (excluding diaryl/α,β-unsaturated/α-hetero) is 1. The number of hydrogen-bond donors (Lipinski definition) is 2. The number of rotatable bonds is 2. The largest absolute Gasteiger partial charge is 0.391 e. The van der Waals surface area contributed by atoms with Crippen molar-refractivity contribution in [1.29, 1.82) is 0 Å². The van der Waals surface area contributed by atoms with Crippen LogP contribution in [0.1, 0.15) is 54.7 Å². The van der Waals surface area contributed by atoms with Gasteiger partial charge in [0.2, 0.25) is 0 Å². The molecule has 3 aliphatic heterocycles. The molecular weight excluding hydrogens is 316 g/mol. The highest BCUT2D eigenvalue weighted by Gasteiger charge is 2.58. The number of para-hydroxylation sites is 1. The van der Waals surface area contributed by atoms with E-state index < -0.39 is 5.72 Å². The van der Waals surface area contributed by atoms with E-state index in [-0.39, 0.29) is 23.8 Å². The lowest BCUT2D eigenvalue weighted by Gasteiger charge is -2.58. The zero-order valence-electron chi connectivity index (χ0n) is 14.5. The monoisotopic (exact) mass is 340 g/mol. The van der Waals surface area contributed by atoms with Crippen LogP contribution in [0.3, 0.4) is 0 Å². The van der Waals surface area contributed by atoms with Crippen molar-refractivity contribution in [3.8, 4) is 0 Å². The van der Waals surface area contributed by atoms with Crippen molar-refractivity contribution in [1.82, 2.24) is 9.47 Å². The zero-order valence-corrected chi connectivity index (χ0v) is 14.5. The average Bonchev–Trinajstić information content (AvgIpc) is 2.98. The van der Waals surface area contributed by atoms with Gasteiger partial charge in [0.25, 0.3) is 0 Å². The van der Waals surface area contributed by atoms with Crippen molar-refractivity contribution in [2.45, 2.75) is 44.4 Å². The number of nitrogens with zero attached hydrogens (tertiary/aromatic N) is 2. The van der Waals surface area contributed by atoms with Crippen molar-refractivity contribution in [3.05, 3.63) is 35.5 Å². The van der Waals surface area contributed by atoms with Gasteiger partial charge in [-0.25, -0.2) is 0 Å². The number of fused-ring (bicyclic) bond motifs is 3. The number of ketones is 1. The fraction of sp³-hybridized carbons (Fsp3) is 0.550. The number of carbonyl (C=O) groups excluding carboxylic acids is 1. The maximum atomic E-state index is 13.0. The van der Waals surface area contributed by atoms with E-state index in [0.29, 0.717) is 13.0 Å². The molecule has 0 unspecified atom stereocenters. The molecule has 0 spiro atoms. The normalized spacial score (nSPS) is 34.4. The van der Waals surface area contributed by atoms with Crippen molar-refractivity contribution < 1.29 is 15.0 Å². The molecule has 2 N–H and O–H groups in total. The SMILES string of the molecule is CC[C@]12CCCN3CC(=O)c4c(n(c5ccccc45)[C@@](O)(CO)C1)[C@@H]32. The standard InChI is InChI=1S/C20H24N2O3/c1-2-19-8-5-9-21-10-15(24)16-13-6-3-4-7-14(13)22(17(16)18(19)21)20(25,11-19)12-23/h3-4,6-7,18,23,25H,2,5,8-12H2,1H3/t18-,19+,20+/m1/s1. The van der Waals surface area contributed by atoms with Crippen LogP contribution in [0.5, 0.6) is 0 Å². The first-order valence-corrected chi connectivity index (χ1v) is 9.29. The van der Waals surface area contributed by atoms with Gasteiger partial charge in [-0.05, 0) is 37.3 Å². The predicted molar refractivity (Wildman–Crippen MR) is 94.4 cm³/mol. The van der Waals surface area contributed by atoms with Gasteiger partial charge in [-0.15, -0.1) is 0 Å². The molecule has 25 heavy (non-hydrogen) atoms. The molecule has 3 atom stereocenters. The predicted octanol–water partition coefficient (Wildman–Crippen LogP) is 2.41. The first kappa shape index (κ1) is 15.6. The average molecular weight is 340 g/mol. The van der Waals surface area contributed by atoms with Gasteiger partial charge in [-0.1, -0.05) is 25.1 Å². The summed E-state index contributed by atoms with van der Waals surface area (Å²) in [5.41, 5.74) is 1.12. The lowest BCUT2D eigenvalue weighted by atomic mass is 9.62. The molecule has 0 amide bonds. The molecule has 2 aromatic rings. The molecule has 0 saturated carbocycles. The molecule has 132 valence electrons. The summed E-state index contributed by atoms with van der Waals surface area (Å²) in [5, 5.41) is 22.5. The van der Waals surface area contributed by atoms with E-state index in [0.717, 1.165) is 48.0 Å². The second kappa shape index (κ2) is 4.93. The van der Waals surface area contributed by atoms with E-state index in [9.17, 15) is 15.0 Å². The number of carbonyl (C=O) groups is 1. The van der Waals surface area contributed by atoms with Gasteiger partial charge in [0.15, 0.2) is 11.5 Å². The van der Waals surface area contributed by atoms with Crippen LogP contribution in [0.15, 0.2) is 24.3 Å². The Kier molecular flexibility index (Phi) is 3.07. The fourth-order valence-electron chi connectivity index (χ4n) is 5.89. The number of piperidine rings is 1. The van der Waals surface area contributed by atoms with E-state index in [1.165, 1.54) is 0 Å². The molecular formula is C20H24N2O3. The highest BCUT2D eigenvalue weighted by atomic mass is 16.3. The maximum Gasteiger partial charge on any atom is 0.179 e. The number of benzene rings is 1. The van der Waals surface area contributed by atoms with E-state index in [1.807, 2.05) is 28.8 Å². The number of aliphatic hydroxyl groups is 2. The van der Waals surface area contributed by atoms with Gasteiger partial charge in [-0.2, -0.15) is 0 Å². The van der Waals surface area contributed by atoms with Gasteiger partial charge in [0.05, 0.1) is 30.4 Å². The third-order valence-electron chi connectivity index (χ3n) is 6.87. The molecule has 5 rings (SSSR count). The highest BCUT2D eigenvalue weighted by molar-refractivity contribution is 6.11. The molecule has 0 radical (unpaired) electrons. The van der Waals surface area contributed by atoms with Crippen LogP contribution in [-0.2, 0) is 5.72 Å². The second-order valence-electron chi connectivity index (χ2n) is 8.05. The lowest BCUT2D eigenvalue weighted by Crippen LogP contribution is -2.59. The summed E-state index contributed by atoms with van der Waals surface area (Å²) in [6.45, 7) is 3.23. The third kappa shape index (κ3) is 1.76. The fourth-order valence-corrected chi connectivity index (χ4v) is 5.89. The summed E-state index contributed by atoms with van der Waals surface area (Å²) >= 11 is 0. The van der Waals surface area contributed by atoms with Crippen LogP contribution < -0.4 is 0 Å². The minimum atomic E-state index is -1.35. The maximum absolute atomic E-state index is 13.0. The van der Waals surface area contributed by atoms with E-state index in [1.54, 1.807) is 0 Å². The molecule has 0 bridgehead atoms. The molecule has 1 saturated heterocycles. The Hall–Kier alpha value is -1.69. The van der Waals surface area contributed by atoms with Gasteiger partial charge >= 0.3 is 0 Å². The highest BCUT2D eigenvalue weighted by Crippen LogP contribution is 2.60. The van der Waals surface area contributed by atoms with Crippen LogP contribution in [0.2, 0.25) is 0 Å². The van der Waals surface area contributed by atoms with Gasteiger partial charge in [0, 0.05) is 17.4 Å². The van der Waals surface area contributed by atoms with Crippen LogP contribution in [-0.4, -0.2) is 45.2 Å². The summed E-state index contributed by atoms with van der Waals surface area (Å²) < 4.78 is 1.88. The topological polar surface area (TPSA) is 65.7 Å². The number of aliphatic hydroxyl groups excluding tert-OH is 1. The Balaban J connectivity index is 1.93. The minimum Gasteiger partial charge on any atom is -0.391 e. The quantitative estimate of drug-likeness (QED) is 0.881. The minimum absolute atomic E-state index is 0.0877. The number of aromatic nitrogens is 1. The molecule has 3 aliphatic rings. The third-order valence-corrected chi connectivity index (χ3v) is 6.87. The Morgan fingerprint density at radius 3 is 2.88 bits per heavy atom. The first-order valence-electron chi connectivity index (χ1n) is 9.29. The van der Waals surface area contributed by atoms with Gasteiger partial charge < -0.3 is 14.8 Å². The smallest absolute Gasteiger partial charge is 0.179 e. The molecule has 5 heteroatoms. The second-order valence-corrected chi connectivity index (χ2v) is 8.05. The summed E-state index contributed by atoms with van der Waals surface area (Å²) in [5.74, 6) is 0.135. The Bertz CT molecular complexity index is 888. The molecule has 4 heterocycles.